The first-order valence-electron chi connectivity index (χ1n) is 5.72. The van der Waals surface area contributed by atoms with Gasteiger partial charge in [0.05, 0.1) is 17.5 Å². The first-order chi connectivity index (χ1) is 7.56. The highest BCUT2D eigenvalue weighted by Gasteiger charge is 2.28. The Balaban J connectivity index is 2.52. The number of rotatable bonds is 5. The SMILES string of the molecule is CCN(CC(C)C(N)=S)C(=O)C1CCOC1. The lowest BCUT2D eigenvalue weighted by atomic mass is 10.1. The molecule has 0 aliphatic carbocycles. The van der Waals surface area contributed by atoms with Gasteiger partial charge in [0.15, 0.2) is 0 Å². The molecule has 1 fully saturated rings. The van der Waals surface area contributed by atoms with E-state index in [1.165, 1.54) is 0 Å². The molecule has 92 valence electrons. The number of thiocarbonyl (C=S) groups is 1. The Kier molecular flexibility index (Phi) is 5.15. The molecule has 0 aromatic heterocycles. The average molecular weight is 244 g/mol. The molecule has 1 heterocycles. The highest BCUT2D eigenvalue weighted by Crippen LogP contribution is 2.16. The van der Waals surface area contributed by atoms with Gasteiger partial charge in [0.2, 0.25) is 5.91 Å². The third-order valence-electron chi connectivity index (χ3n) is 2.95. The quantitative estimate of drug-likeness (QED) is 0.727. The molecule has 1 amide bonds. The molecule has 0 radical (unpaired) electrons. The number of nitrogens with zero attached hydrogens (tertiary/aromatic N) is 1. The Bertz CT molecular complexity index is 265. The molecule has 1 saturated heterocycles. The van der Waals surface area contributed by atoms with Crippen LogP contribution < -0.4 is 5.73 Å². The van der Waals surface area contributed by atoms with E-state index in [0.717, 1.165) is 6.42 Å². The minimum absolute atomic E-state index is 0.0264. The Labute approximate surface area is 102 Å². The lowest BCUT2D eigenvalue weighted by Gasteiger charge is -2.26. The van der Waals surface area contributed by atoms with Gasteiger partial charge in [0, 0.05) is 25.6 Å². The van der Waals surface area contributed by atoms with Crippen molar-refractivity contribution in [2.75, 3.05) is 26.3 Å². The largest absolute Gasteiger partial charge is 0.393 e. The zero-order valence-electron chi connectivity index (χ0n) is 9.94. The topological polar surface area (TPSA) is 55.6 Å². The molecule has 1 aliphatic rings. The summed E-state index contributed by atoms with van der Waals surface area (Å²) >= 11 is 4.92. The van der Waals surface area contributed by atoms with Crippen LogP contribution in [0.15, 0.2) is 0 Å². The van der Waals surface area contributed by atoms with E-state index in [2.05, 4.69) is 0 Å². The van der Waals surface area contributed by atoms with Gasteiger partial charge in [-0.05, 0) is 13.3 Å². The van der Waals surface area contributed by atoms with Crippen molar-refractivity contribution in [3.63, 3.8) is 0 Å². The molecule has 16 heavy (non-hydrogen) atoms. The fraction of sp³-hybridized carbons (Fsp3) is 0.818. The van der Waals surface area contributed by atoms with E-state index in [9.17, 15) is 4.79 Å². The minimum atomic E-state index is 0.0264. The number of ether oxygens (including phenoxy) is 1. The van der Waals surface area contributed by atoms with Gasteiger partial charge in [-0.1, -0.05) is 19.1 Å². The molecular formula is C11H20N2O2S. The molecule has 0 spiro atoms. The summed E-state index contributed by atoms with van der Waals surface area (Å²) < 4.78 is 5.23. The fourth-order valence-corrected chi connectivity index (χ4v) is 1.86. The zero-order valence-corrected chi connectivity index (χ0v) is 10.8. The molecular weight excluding hydrogens is 224 g/mol. The predicted octanol–water partition coefficient (Wildman–Crippen LogP) is 0.794. The molecule has 0 aromatic carbocycles. The lowest BCUT2D eigenvalue weighted by Crippen LogP contribution is -2.41. The van der Waals surface area contributed by atoms with E-state index in [1.54, 1.807) is 0 Å². The highest BCUT2D eigenvalue weighted by atomic mass is 32.1. The van der Waals surface area contributed by atoms with Crippen LogP contribution in [0.2, 0.25) is 0 Å². The second kappa shape index (κ2) is 6.15. The van der Waals surface area contributed by atoms with Crippen LogP contribution in [-0.4, -0.2) is 42.1 Å². The average Bonchev–Trinajstić information content (AvgIpc) is 2.77. The molecule has 0 saturated carbocycles. The molecule has 4 nitrogen and oxygen atoms in total. The number of nitrogens with two attached hydrogens (primary N) is 1. The molecule has 1 rings (SSSR count). The van der Waals surface area contributed by atoms with Gasteiger partial charge in [-0.25, -0.2) is 0 Å². The highest BCUT2D eigenvalue weighted by molar-refractivity contribution is 7.80. The predicted molar refractivity (Wildman–Crippen MR) is 67.1 cm³/mol. The molecule has 0 aromatic rings. The first-order valence-corrected chi connectivity index (χ1v) is 6.13. The van der Waals surface area contributed by atoms with Crippen LogP contribution in [-0.2, 0) is 9.53 Å². The zero-order chi connectivity index (χ0) is 12.1. The van der Waals surface area contributed by atoms with Crippen molar-refractivity contribution in [1.29, 1.82) is 0 Å². The smallest absolute Gasteiger partial charge is 0.228 e. The summed E-state index contributed by atoms with van der Waals surface area (Å²) in [6, 6.07) is 0. The van der Waals surface area contributed by atoms with Crippen molar-refractivity contribution in [1.82, 2.24) is 4.90 Å². The minimum Gasteiger partial charge on any atom is -0.393 e. The summed E-state index contributed by atoms with van der Waals surface area (Å²) in [5, 5.41) is 0. The number of amides is 1. The van der Waals surface area contributed by atoms with Crippen LogP contribution >= 0.6 is 12.2 Å². The van der Waals surface area contributed by atoms with E-state index in [0.29, 0.717) is 31.3 Å². The molecule has 2 N–H and O–H groups in total. The van der Waals surface area contributed by atoms with Gasteiger partial charge in [0.1, 0.15) is 0 Å². The van der Waals surface area contributed by atoms with Crippen LogP contribution in [0.25, 0.3) is 0 Å². The van der Waals surface area contributed by atoms with Crippen molar-refractivity contribution in [3.8, 4) is 0 Å². The van der Waals surface area contributed by atoms with Gasteiger partial charge >= 0.3 is 0 Å². The maximum absolute atomic E-state index is 12.1. The Morgan fingerprint density at radius 2 is 2.38 bits per heavy atom. The maximum atomic E-state index is 12.1. The van der Waals surface area contributed by atoms with Gasteiger partial charge in [-0.15, -0.1) is 0 Å². The van der Waals surface area contributed by atoms with E-state index >= 15 is 0 Å². The van der Waals surface area contributed by atoms with Gasteiger partial charge < -0.3 is 15.4 Å². The second-order valence-corrected chi connectivity index (χ2v) is 4.71. The Morgan fingerprint density at radius 3 is 2.81 bits per heavy atom. The summed E-state index contributed by atoms with van der Waals surface area (Å²) in [6.45, 7) is 6.47. The number of hydrogen-bond donors (Lipinski definition) is 1. The van der Waals surface area contributed by atoms with Crippen LogP contribution in [0.4, 0.5) is 0 Å². The van der Waals surface area contributed by atoms with E-state index in [-0.39, 0.29) is 17.7 Å². The van der Waals surface area contributed by atoms with Crippen molar-refractivity contribution in [2.24, 2.45) is 17.6 Å². The van der Waals surface area contributed by atoms with Crippen LogP contribution in [0.5, 0.6) is 0 Å². The lowest BCUT2D eigenvalue weighted by molar-refractivity contribution is -0.135. The maximum Gasteiger partial charge on any atom is 0.228 e. The molecule has 0 bridgehead atoms. The van der Waals surface area contributed by atoms with Gasteiger partial charge in [0.25, 0.3) is 0 Å². The summed E-state index contributed by atoms with van der Waals surface area (Å²) in [5.74, 6) is 0.266. The Hall–Kier alpha value is -0.680. The van der Waals surface area contributed by atoms with E-state index < -0.39 is 0 Å². The number of carbonyl (C=O) groups excluding carboxylic acids is 1. The summed E-state index contributed by atoms with van der Waals surface area (Å²) in [4.78, 5) is 14.4. The summed E-state index contributed by atoms with van der Waals surface area (Å²) in [7, 11) is 0. The normalized spacial score (nSPS) is 21.8. The van der Waals surface area contributed by atoms with E-state index in [1.807, 2.05) is 18.7 Å². The van der Waals surface area contributed by atoms with Crippen molar-refractivity contribution >= 4 is 23.1 Å². The summed E-state index contributed by atoms with van der Waals surface area (Å²) in [6.07, 6.45) is 0.830. The number of hydrogen-bond acceptors (Lipinski definition) is 3. The monoisotopic (exact) mass is 244 g/mol. The van der Waals surface area contributed by atoms with Crippen molar-refractivity contribution < 1.29 is 9.53 Å². The third kappa shape index (κ3) is 3.42. The van der Waals surface area contributed by atoms with Crippen molar-refractivity contribution in [3.05, 3.63) is 0 Å². The fourth-order valence-electron chi connectivity index (χ4n) is 1.78. The first kappa shape index (κ1) is 13.4. The van der Waals surface area contributed by atoms with E-state index in [4.69, 9.17) is 22.7 Å². The molecule has 2 unspecified atom stereocenters. The number of carbonyl (C=O) groups is 1. The second-order valence-electron chi connectivity index (χ2n) is 4.24. The standard InChI is InChI=1S/C11H20N2O2S/c1-3-13(6-8(2)10(12)16)11(14)9-4-5-15-7-9/h8-9H,3-7H2,1-2H3,(H2,12,16). The van der Waals surface area contributed by atoms with Crippen LogP contribution in [0.1, 0.15) is 20.3 Å². The van der Waals surface area contributed by atoms with Gasteiger partial charge in [-0.3, -0.25) is 4.79 Å². The van der Waals surface area contributed by atoms with Gasteiger partial charge in [-0.2, -0.15) is 0 Å². The van der Waals surface area contributed by atoms with Crippen LogP contribution in [0.3, 0.4) is 0 Å². The molecule has 2 atom stereocenters. The molecule has 5 heteroatoms. The van der Waals surface area contributed by atoms with Crippen molar-refractivity contribution in [2.45, 2.75) is 20.3 Å². The van der Waals surface area contributed by atoms with Crippen LogP contribution in [0, 0.1) is 11.8 Å². The Morgan fingerprint density at radius 1 is 1.69 bits per heavy atom. The molecule has 1 aliphatic heterocycles. The summed E-state index contributed by atoms with van der Waals surface area (Å²) in [5.41, 5.74) is 5.56. The third-order valence-corrected chi connectivity index (χ3v) is 3.35.